The molecular formula is C21H21NO3. The topological polar surface area (TPSA) is 47.6 Å². The largest absolute Gasteiger partial charge is 0.493 e. The fourth-order valence-corrected chi connectivity index (χ4v) is 2.72. The van der Waals surface area contributed by atoms with E-state index in [4.69, 9.17) is 9.47 Å². The lowest BCUT2D eigenvalue weighted by Crippen LogP contribution is -2.31. The molecule has 1 amide bonds. The first-order valence-corrected chi connectivity index (χ1v) is 8.21. The molecule has 0 aromatic heterocycles. The van der Waals surface area contributed by atoms with Gasteiger partial charge < -0.3 is 14.8 Å². The molecule has 4 heteroatoms. The standard InChI is InChI=1S/C21H21NO3/c1-15(17-12-11-16-7-3-4-8-18(16)13-17)22-21(23)14-25-20-10-6-5-9-19(20)24-2/h3-13,15H,14H2,1-2H3,(H,22,23)/t15-/m1/s1. The van der Waals surface area contributed by atoms with Gasteiger partial charge in [-0.3, -0.25) is 4.79 Å². The van der Waals surface area contributed by atoms with E-state index in [1.54, 1.807) is 19.2 Å². The Morgan fingerprint density at radius 3 is 2.40 bits per heavy atom. The zero-order valence-corrected chi connectivity index (χ0v) is 14.4. The van der Waals surface area contributed by atoms with E-state index in [2.05, 4.69) is 29.6 Å². The van der Waals surface area contributed by atoms with Crippen molar-refractivity contribution in [2.24, 2.45) is 0 Å². The Morgan fingerprint density at radius 1 is 0.960 bits per heavy atom. The molecule has 1 N–H and O–H groups in total. The SMILES string of the molecule is COc1ccccc1OCC(=O)N[C@H](C)c1ccc2ccccc2c1. The van der Waals surface area contributed by atoms with Gasteiger partial charge >= 0.3 is 0 Å². The Morgan fingerprint density at radius 2 is 1.64 bits per heavy atom. The van der Waals surface area contributed by atoms with Crippen LogP contribution >= 0.6 is 0 Å². The molecule has 0 aliphatic heterocycles. The third kappa shape index (κ3) is 4.10. The number of fused-ring (bicyclic) bond motifs is 1. The molecule has 0 bridgehead atoms. The number of carbonyl (C=O) groups excluding carboxylic acids is 1. The van der Waals surface area contributed by atoms with Crippen molar-refractivity contribution in [1.82, 2.24) is 5.32 Å². The summed E-state index contributed by atoms with van der Waals surface area (Å²) in [5.74, 6) is 0.989. The third-order valence-corrected chi connectivity index (χ3v) is 4.08. The number of ether oxygens (including phenoxy) is 2. The predicted molar refractivity (Wildman–Crippen MR) is 99.0 cm³/mol. The van der Waals surface area contributed by atoms with Crippen LogP contribution in [0.5, 0.6) is 11.5 Å². The van der Waals surface area contributed by atoms with E-state index in [0.717, 1.165) is 10.9 Å². The number of nitrogens with one attached hydrogen (secondary N) is 1. The Hall–Kier alpha value is -3.01. The summed E-state index contributed by atoms with van der Waals surface area (Å²) in [6.45, 7) is 1.91. The van der Waals surface area contributed by atoms with Gasteiger partial charge in [-0.25, -0.2) is 0 Å². The first-order valence-electron chi connectivity index (χ1n) is 8.21. The lowest BCUT2D eigenvalue weighted by Gasteiger charge is -2.16. The summed E-state index contributed by atoms with van der Waals surface area (Å²) in [5.41, 5.74) is 1.06. The van der Waals surface area contributed by atoms with E-state index in [-0.39, 0.29) is 18.6 Å². The van der Waals surface area contributed by atoms with Crippen LogP contribution in [0.1, 0.15) is 18.5 Å². The molecule has 0 spiro atoms. The van der Waals surface area contributed by atoms with Gasteiger partial charge in [0.2, 0.25) is 0 Å². The number of carbonyl (C=O) groups is 1. The second-order valence-electron chi connectivity index (χ2n) is 5.84. The molecular weight excluding hydrogens is 314 g/mol. The third-order valence-electron chi connectivity index (χ3n) is 4.08. The average Bonchev–Trinajstić information content (AvgIpc) is 2.66. The first-order chi connectivity index (χ1) is 12.2. The molecule has 0 fully saturated rings. The Labute approximate surface area is 147 Å². The van der Waals surface area contributed by atoms with E-state index in [0.29, 0.717) is 11.5 Å². The van der Waals surface area contributed by atoms with Crippen molar-refractivity contribution in [2.45, 2.75) is 13.0 Å². The molecule has 0 saturated carbocycles. The minimum atomic E-state index is -0.174. The number of rotatable bonds is 6. The van der Waals surface area contributed by atoms with E-state index in [1.807, 2.05) is 37.3 Å². The lowest BCUT2D eigenvalue weighted by molar-refractivity contribution is -0.123. The molecule has 25 heavy (non-hydrogen) atoms. The van der Waals surface area contributed by atoms with Gasteiger partial charge in [0.1, 0.15) is 0 Å². The molecule has 3 rings (SSSR count). The highest BCUT2D eigenvalue weighted by Crippen LogP contribution is 2.25. The Kier molecular flexibility index (Phi) is 5.19. The molecule has 3 aromatic rings. The second kappa shape index (κ2) is 7.71. The molecule has 0 unspecified atom stereocenters. The summed E-state index contributed by atoms with van der Waals surface area (Å²) in [7, 11) is 1.57. The average molecular weight is 335 g/mol. The van der Waals surface area contributed by atoms with Crippen LogP contribution in [0.25, 0.3) is 10.8 Å². The van der Waals surface area contributed by atoms with Gasteiger partial charge in [0.05, 0.1) is 13.2 Å². The summed E-state index contributed by atoms with van der Waals surface area (Å²) in [6.07, 6.45) is 0. The highest BCUT2D eigenvalue weighted by molar-refractivity contribution is 5.83. The van der Waals surface area contributed by atoms with Crippen LogP contribution in [0.4, 0.5) is 0 Å². The van der Waals surface area contributed by atoms with Crippen molar-refractivity contribution in [3.8, 4) is 11.5 Å². The molecule has 0 saturated heterocycles. The smallest absolute Gasteiger partial charge is 0.258 e. The fraction of sp³-hybridized carbons (Fsp3) is 0.190. The predicted octanol–water partition coefficient (Wildman–Crippen LogP) is 4.10. The molecule has 0 aliphatic carbocycles. The van der Waals surface area contributed by atoms with Gasteiger partial charge in [0, 0.05) is 0 Å². The van der Waals surface area contributed by atoms with Gasteiger partial charge in [0.25, 0.3) is 5.91 Å². The van der Waals surface area contributed by atoms with Gasteiger partial charge in [0.15, 0.2) is 18.1 Å². The fourth-order valence-electron chi connectivity index (χ4n) is 2.72. The molecule has 4 nitrogen and oxygen atoms in total. The maximum atomic E-state index is 12.2. The maximum Gasteiger partial charge on any atom is 0.258 e. The van der Waals surface area contributed by atoms with Gasteiger partial charge in [-0.2, -0.15) is 0 Å². The molecule has 0 heterocycles. The van der Waals surface area contributed by atoms with E-state index in [1.165, 1.54) is 5.39 Å². The highest BCUT2D eigenvalue weighted by Gasteiger charge is 2.12. The Balaban J connectivity index is 1.61. The van der Waals surface area contributed by atoms with Crippen molar-refractivity contribution >= 4 is 16.7 Å². The summed E-state index contributed by atoms with van der Waals surface area (Å²) < 4.78 is 10.8. The van der Waals surface area contributed by atoms with E-state index in [9.17, 15) is 4.79 Å². The van der Waals surface area contributed by atoms with Crippen molar-refractivity contribution in [2.75, 3.05) is 13.7 Å². The van der Waals surface area contributed by atoms with Gasteiger partial charge in [-0.1, -0.05) is 48.5 Å². The molecule has 0 radical (unpaired) electrons. The maximum absolute atomic E-state index is 12.2. The number of amides is 1. The summed E-state index contributed by atoms with van der Waals surface area (Å²) >= 11 is 0. The highest BCUT2D eigenvalue weighted by atomic mass is 16.5. The van der Waals surface area contributed by atoms with Crippen LogP contribution in [0.15, 0.2) is 66.7 Å². The molecule has 128 valence electrons. The zero-order chi connectivity index (χ0) is 17.6. The van der Waals surface area contributed by atoms with Gasteiger partial charge in [-0.15, -0.1) is 0 Å². The minimum absolute atomic E-state index is 0.0572. The van der Waals surface area contributed by atoms with Crippen LogP contribution in [0.3, 0.4) is 0 Å². The molecule has 0 aliphatic rings. The van der Waals surface area contributed by atoms with Crippen LogP contribution in [0, 0.1) is 0 Å². The second-order valence-corrected chi connectivity index (χ2v) is 5.84. The number of para-hydroxylation sites is 2. The molecule has 3 aromatic carbocycles. The van der Waals surface area contributed by atoms with E-state index >= 15 is 0 Å². The summed E-state index contributed by atoms with van der Waals surface area (Å²) in [5, 5.41) is 5.31. The first kappa shape index (κ1) is 16.8. The van der Waals surface area contributed by atoms with Crippen molar-refractivity contribution in [3.05, 3.63) is 72.3 Å². The van der Waals surface area contributed by atoms with Crippen LogP contribution in [0.2, 0.25) is 0 Å². The monoisotopic (exact) mass is 335 g/mol. The number of methoxy groups -OCH3 is 1. The van der Waals surface area contributed by atoms with E-state index < -0.39 is 0 Å². The Bertz CT molecular complexity index is 876. The van der Waals surface area contributed by atoms with Gasteiger partial charge in [-0.05, 0) is 41.5 Å². The van der Waals surface area contributed by atoms with Crippen molar-refractivity contribution < 1.29 is 14.3 Å². The summed E-state index contributed by atoms with van der Waals surface area (Å²) in [4.78, 5) is 12.2. The molecule has 1 atom stereocenters. The van der Waals surface area contributed by atoms with Crippen molar-refractivity contribution in [1.29, 1.82) is 0 Å². The zero-order valence-electron chi connectivity index (χ0n) is 14.4. The quantitative estimate of drug-likeness (QED) is 0.737. The minimum Gasteiger partial charge on any atom is -0.493 e. The number of hydrogen-bond donors (Lipinski definition) is 1. The van der Waals surface area contributed by atoms with Crippen LogP contribution in [-0.2, 0) is 4.79 Å². The number of benzene rings is 3. The summed E-state index contributed by atoms with van der Waals surface area (Å²) in [6, 6.07) is 21.5. The lowest BCUT2D eigenvalue weighted by atomic mass is 10.0. The van der Waals surface area contributed by atoms with Crippen LogP contribution in [-0.4, -0.2) is 19.6 Å². The normalized spacial score (nSPS) is 11.8. The number of hydrogen-bond acceptors (Lipinski definition) is 3. The van der Waals surface area contributed by atoms with Crippen molar-refractivity contribution in [3.63, 3.8) is 0 Å². The van der Waals surface area contributed by atoms with Crippen LogP contribution < -0.4 is 14.8 Å².